The lowest BCUT2D eigenvalue weighted by atomic mass is 10.0. The van der Waals surface area contributed by atoms with Gasteiger partial charge in [-0.05, 0) is 35.0 Å². The van der Waals surface area contributed by atoms with E-state index in [4.69, 9.17) is 15.9 Å². The van der Waals surface area contributed by atoms with E-state index in [0.29, 0.717) is 0 Å². The molecule has 114 valence electrons. The SMILES string of the molecule is Nc1ccc(-n2nc3c4ccccc4c4ccccc4c3n2)cc1. The molecular formula is C20H14N4. The van der Waals surface area contributed by atoms with Crippen molar-refractivity contribution in [1.82, 2.24) is 15.0 Å². The van der Waals surface area contributed by atoms with Crippen molar-refractivity contribution < 1.29 is 0 Å². The molecule has 5 rings (SSSR count). The Morgan fingerprint density at radius 1 is 0.583 bits per heavy atom. The van der Waals surface area contributed by atoms with Crippen LogP contribution < -0.4 is 5.73 Å². The molecule has 0 atom stereocenters. The minimum atomic E-state index is 0.728. The molecule has 4 nitrogen and oxygen atoms in total. The lowest BCUT2D eigenvalue weighted by Crippen LogP contribution is -1.98. The molecule has 1 aromatic heterocycles. The second kappa shape index (κ2) is 4.80. The number of hydrogen-bond acceptors (Lipinski definition) is 3. The Kier molecular flexibility index (Phi) is 2.61. The number of aromatic nitrogens is 3. The molecule has 0 saturated heterocycles. The highest BCUT2D eigenvalue weighted by molar-refractivity contribution is 6.22. The van der Waals surface area contributed by atoms with Crippen LogP contribution in [-0.4, -0.2) is 15.0 Å². The summed E-state index contributed by atoms with van der Waals surface area (Å²) in [6.07, 6.45) is 0. The van der Waals surface area contributed by atoms with Crippen molar-refractivity contribution in [3.8, 4) is 5.69 Å². The summed E-state index contributed by atoms with van der Waals surface area (Å²) in [6, 6.07) is 24.3. The number of nitrogens with zero attached hydrogens (tertiary/aromatic N) is 3. The maximum atomic E-state index is 5.78. The molecule has 0 aliphatic heterocycles. The molecule has 0 spiro atoms. The van der Waals surface area contributed by atoms with E-state index in [0.717, 1.165) is 33.2 Å². The van der Waals surface area contributed by atoms with Gasteiger partial charge in [-0.3, -0.25) is 0 Å². The van der Waals surface area contributed by atoms with E-state index >= 15 is 0 Å². The number of hydrogen-bond donors (Lipinski definition) is 1. The molecule has 0 saturated carbocycles. The van der Waals surface area contributed by atoms with Crippen molar-refractivity contribution in [2.75, 3.05) is 5.73 Å². The second-order valence-electron chi connectivity index (χ2n) is 5.87. The second-order valence-corrected chi connectivity index (χ2v) is 5.87. The van der Waals surface area contributed by atoms with Crippen LogP contribution in [0.15, 0.2) is 72.8 Å². The predicted octanol–water partition coefficient (Wildman–Crippen LogP) is 4.31. The van der Waals surface area contributed by atoms with Gasteiger partial charge in [-0.1, -0.05) is 48.5 Å². The van der Waals surface area contributed by atoms with E-state index < -0.39 is 0 Å². The minimum absolute atomic E-state index is 0.728. The van der Waals surface area contributed by atoms with Gasteiger partial charge in [0.15, 0.2) is 0 Å². The molecule has 24 heavy (non-hydrogen) atoms. The van der Waals surface area contributed by atoms with Crippen LogP contribution in [0.5, 0.6) is 0 Å². The number of fused-ring (bicyclic) bond motifs is 6. The first kappa shape index (κ1) is 13.1. The fourth-order valence-electron chi connectivity index (χ4n) is 3.24. The van der Waals surface area contributed by atoms with Crippen molar-refractivity contribution in [2.24, 2.45) is 0 Å². The molecule has 2 N–H and O–H groups in total. The van der Waals surface area contributed by atoms with Crippen LogP contribution in [0.1, 0.15) is 0 Å². The predicted molar refractivity (Wildman–Crippen MR) is 98.3 cm³/mol. The molecule has 0 unspecified atom stereocenters. The molecule has 0 amide bonds. The average Bonchev–Trinajstić information content (AvgIpc) is 3.08. The van der Waals surface area contributed by atoms with Crippen molar-refractivity contribution in [3.63, 3.8) is 0 Å². The Balaban J connectivity index is 1.93. The van der Waals surface area contributed by atoms with Crippen LogP contribution in [0.3, 0.4) is 0 Å². The van der Waals surface area contributed by atoms with Crippen LogP contribution in [0.4, 0.5) is 5.69 Å². The molecule has 0 fully saturated rings. The number of anilines is 1. The van der Waals surface area contributed by atoms with Crippen LogP contribution in [0, 0.1) is 0 Å². The molecule has 5 aromatic rings. The zero-order chi connectivity index (χ0) is 16.1. The maximum Gasteiger partial charge on any atom is 0.122 e. The first-order valence-electron chi connectivity index (χ1n) is 7.84. The summed E-state index contributed by atoms with van der Waals surface area (Å²) in [7, 11) is 0. The highest BCUT2D eigenvalue weighted by atomic mass is 15.5. The Morgan fingerprint density at radius 2 is 1.04 bits per heavy atom. The van der Waals surface area contributed by atoms with Crippen molar-refractivity contribution >= 4 is 38.3 Å². The van der Waals surface area contributed by atoms with Crippen molar-refractivity contribution in [2.45, 2.75) is 0 Å². The minimum Gasteiger partial charge on any atom is -0.399 e. The topological polar surface area (TPSA) is 56.7 Å². The molecule has 4 aromatic carbocycles. The van der Waals surface area contributed by atoms with Gasteiger partial charge in [0.25, 0.3) is 0 Å². The maximum absolute atomic E-state index is 5.78. The lowest BCUT2D eigenvalue weighted by Gasteiger charge is -2.04. The summed E-state index contributed by atoms with van der Waals surface area (Å²) in [5.74, 6) is 0. The highest BCUT2D eigenvalue weighted by Crippen LogP contribution is 2.33. The summed E-state index contributed by atoms with van der Waals surface area (Å²) < 4.78 is 0. The Labute approximate surface area is 138 Å². The summed E-state index contributed by atoms with van der Waals surface area (Å²) in [5, 5.41) is 14.1. The zero-order valence-corrected chi connectivity index (χ0v) is 12.8. The molecule has 0 radical (unpaired) electrons. The van der Waals surface area contributed by atoms with E-state index in [1.165, 1.54) is 10.8 Å². The highest BCUT2D eigenvalue weighted by Gasteiger charge is 2.13. The van der Waals surface area contributed by atoms with Gasteiger partial charge in [0.1, 0.15) is 11.0 Å². The van der Waals surface area contributed by atoms with Gasteiger partial charge in [-0.2, -0.15) is 4.80 Å². The number of nitrogens with two attached hydrogens (primary N) is 1. The normalized spacial score (nSPS) is 11.5. The van der Waals surface area contributed by atoms with Gasteiger partial charge in [-0.15, -0.1) is 10.2 Å². The van der Waals surface area contributed by atoms with Gasteiger partial charge in [0, 0.05) is 16.5 Å². The van der Waals surface area contributed by atoms with Crippen molar-refractivity contribution in [3.05, 3.63) is 72.8 Å². The number of benzene rings is 4. The third-order valence-electron chi connectivity index (χ3n) is 4.39. The van der Waals surface area contributed by atoms with Gasteiger partial charge in [0.2, 0.25) is 0 Å². The Hall–Kier alpha value is -3.40. The van der Waals surface area contributed by atoms with E-state index in [2.05, 4.69) is 36.4 Å². The lowest BCUT2D eigenvalue weighted by molar-refractivity contribution is 0.767. The van der Waals surface area contributed by atoms with Crippen LogP contribution in [0.2, 0.25) is 0 Å². The fraction of sp³-hybridized carbons (Fsp3) is 0. The smallest absolute Gasteiger partial charge is 0.122 e. The summed E-state index contributed by atoms with van der Waals surface area (Å²) >= 11 is 0. The summed E-state index contributed by atoms with van der Waals surface area (Å²) in [5.41, 5.74) is 9.24. The molecule has 0 aliphatic rings. The first-order chi connectivity index (χ1) is 11.8. The van der Waals surface area contributed by atoms with Crippen LogP contribution in [-0.2, 0) is 0 Å². The van der Waals surface area contributed by atoms with Crippen LogP contribution >= 0.6 is 0 Å². The van der Waals surface area contributed by atoms with Gasteiger partial charge in [0.05, 0.1) is 5.69 Å². The molecule has 0 bridgehead atoms. The quantitative estimate of drug-likeness (QED) is 0.371. The standard InChI is InChI=1S/C20H14N4/c21-13-9-11-14(12-10-13)24-22-19-17-7-3-1-5-15(17)16-6-2-4-8-18(16)20(19)23-24/h1-12H,21H2. The molecule has 0 aliphatic carbocycles. The zero-order valence-electron chi connectivity index (χ0n) is 12.8. The Bertz CT molecular complexity index is 1130. The van der Waals surface area contributed by atoms with Crippen molar-refractivity contribution in [1.29, 1.82) is 0 Å². The third kappa shape index (κ3) is 1.80. The van der Waals surface area contributed by atoms with Gasteiger partial charge in [-0.25, -0.2) is 0 Å². The first-order valence-corrected chi connectivity index (χ1v) is 7.84. The molecule has 1 heterocycles. The summed E-state index contributed by atoms with van der Waals surface area (Å²) in [6.45, 7) is 0. The van der Waals surface area contributed by atoms with Crippen LogP contribution in [0.25, 0.3) is 38.3 Å². The summed E-state index contributed by atoms with van der Waals surface area (Å²) in [4.78, 5) is 1.68. The van der Waals surface area contributed by atoms with E-state index in [1.807, 2.05) is 36.4 Å². The fourth-order valence-corrected chi connectivity index (χ4v) is 3.24. The number of nitrogen functional groups attached to an aromatic ring is 1. The molecule has 4 heteroatoms. The number of rotatable bonds is 1. The molecular weight excluding hydrogens is 296 g/mol. The van der Waals surface area contributed by atoms with Gasteiger partial charge < -0.3 is 5.73 Å². The third-order valence-corrected chi connectivity index (χ3v) is 4.39. The van der Waals surface area contributed by atoms with E-state index in [9.17, 15) is 0 Å². The largest absolute Gasteiger partial charge is 0.399 e. The average molecular weight is 310 g/mol. The Morgan fingerprint density at radius 3 is 1.54 bits per heavy atom. The van der Waals surface area contributed by atoms with Gasteiger partial charge >= 0.3 is 0 Å². The van der Waals surface area contributed by atoms with E-state index in [1.54, 1.807) is 4.80 Å². The van der Waals surface area contributed by atoms with E-state index in [-0.39, 0.29) is 0 Å². The monoisotopic (exact) mass is 310 g/mol.